The molecule has 0 amide bonds. The molecule has 0 spiro atoms. The summed E-state index contributed by atoms with van der Waals surface area (Å²) < 4.78 is 15.1. The second kappa shape index (κ2) is 5.20. The predicted molar refractivity (Wildman–Crippen MR) is 76.1 cm³/mol. The summed E-state index contributed by atoms with van der Waals surface area (Å²) in [4.78, 5) is 23.3. The van der Waals surface area contributed by atoms with E-state index >= 15 is 0 Å². The quantitative estimate of drug-likeness (QED) is 0.914. The third kappa shape index (κ3) is 2.38. The number of aromatic carboxylic acids is 1. The zero-order chi connectivity index (χ0) is 15.0. The highest BCUT2D eigenvalue weighted by Crippen LogP contribution is 2.20. The number of hydrogen-bond acceptors (Lipinski definition) is 2. The van der Waals surface area contributed by atoms with Gasteiger partial charge in [0.25, 0.3) is 5.56 Å². The van der Waals surface area contributed by atoms with E-state index < -0.39 is 17.3 Å². The average Bonchev–Trinajstić information content (AvgIpc) is 2.32. The molecule has 1 heterocycles. The zero-order valence-corrected chi connectivity index (χ0v) is 12.4. The van der Waals surface area contributed by atoms with Crippen molar-refractivity contribution in [2.75, 3.05) is 0 Å². The summed E-state index contributed by atoms with van der Waals surface area (Å²) in [6.45, 7) is 3.09. The van der Waals surface area contributed by atoms with Gasteiger partial charge in [-0.3, -0.25) is 9.36 Å². The van der Waals surface area contributed by atoms with Crippen LogP contribution in [0.3, 0.4) is 0 Å². The number of carbonyl (C=O) groups is 1. The maximum Gasteiger partial charge on any atom is 0.337 e. The molecular formula is C14H11BrFNO3. The Morgan fingerprint density at radius 2 is 1.95 bits per heavy atom. The summed E-state index contributed by atoms with van der Waals surface area (Å²) >= 11 is 3.03. The highest BCUT2D eigenvalue weighted by atomic mass is 79.9. The Bertz CT molecular complexity index is 768. The minimum atomic E-state index is -1.12. The summed E-state index contributed by atoms with van der Waals surface area (Å²) in [5, 5.41) is 9.21. The molecule has 0 aliphatic heterocycles. The molecule has 1 N–H and O–H groups in total. The van der Waals surface area contributed by atoms with Crippen molar-refractivity contribution in [2.45, 2.75) is 13.8 Å². The fourth-order valence-corrected chi connectivity index (χ4v) is 2.40. The van der Waals surface area contributed by atoms with Crippen LogP contribution in [0.2, 0.25) is 0 Å². The molecule has 0 aliphatic carbocycles. The van der Waals surface area contributed by atoms with E-state index in [1.54, 1.807) is 13.0 Å². The topological polar surface area (TPSA) is 59.3 Å². The highest BCUT2D eigenvalue weighted by Gasteiger charge is 2.17. The van der Waals surface area contributed by atoms with Gasteiger partial charge >= 0.3 is 5.97 Å². The van der Waals surface area contributed by atoms with Gasteiger partial charge in [-0.1, -0.05) is 0 Å². The minimum Gasteiger partial charge on any atom is -0.478 e. The van der Waals surface area contributed by atoms with E-state index in [0.29, 0.717) is 5.56 Å². The van der Waals surface area contributed by atoms with Crippen LogP contribution >= 0.6 is 15.9 Å². The van der Waals surface area contributed by atoms with E-state index in [9.17, 15) is 19.1 Å². The highest BCUT2D eigenvalue weighted by molar-refractivity contribution is 9.10. The van der Waals surface area contributed by atoms with Crippen LogP contribution in [0, 0.1) is 19.7 Å². The summed E-state index contributed by atoms with van der Waals surface area (Å²) in [6.07, 6.45) is 0. The van der Waals surface area contributed by atoms with Crippen molar-refractivity contribution in [3.63, 3.8) is 0 Å². The van der Waals surface area contributed by atoms with E-state index in [1.165, 1.54) is 29.7 Å². The number of benzene rings is 1. The maximum absolute atomic E-state index is 13.6. The second-order valence-electron chi connectivity index (χ2n) is 4.36. The number of nitrogens with zero attached hydrogens (tertiary/aromatic N) is 1. The Balaban J connectivity index is 2.80. The second-order valence-corrected chi connectivity index (χ2v) is 5.22. The van der Waals surface area contributed by atoms with E-state index in [0.717, 1.165) is 0 Å². The molecular weight excluding hydrogens is 329 g/mol. The molecule has 4 nitrogen and oxygen atoms in total. The van der Waals surface area contributed by atoms with Crippen molar-refractivity contribution < 1.29 is 14.3 Å². The first kappa shape index (κ1) is 14.5. The Hall–Kier alpha value is -1.95. The first-order valence-electron chi connectivity index (χ1n) is 5.75. The van der Waals surface area contributed by atoms with Crippen molar-refractivity contribution in [1.82, 2.24) is 4.57 Å². The molecule has 20 heavy (non-hydrogen) atoms. The van der Waals surface area contributed by atoms with Gasteiger partial charge < -0.3 is 5.11 Å². The average molecular weight is 340 g/mol. The Kier molecular flexibility index (Phi) is 3.76. The molecule has 0 unspecified atom stereocenters. The lowest BCUT2D eigenvalue weighted by Crippen LogP contribution is -2.24. The first-order valence-corrected chi connectivity index (χ1v) is 6.54. The first-order chi connectivity index (χ1) is 9.32. The number of carboxylic acids is 1. The Morgan fingerprint density at radius 3 is 2.50 bits per heavy atom. The molecule has 0 saturated heterocycles. The number of hydrogen-bond donors (Lipinski definition) is 1. The van der Waals surface area contributed by atoms with Crippen molar-refractivity contribution in [3.8, 4) is 5.69 Å². The number of pyridine rings is 1. The van der Waals surface area contributed by atoms with Gasteiger partial charge in [-0.05, 0) is 53.5 Å². The lowest BCUT2D eigenvalue weighted by atomic mass is 10.1. The monoisotopic (exact) mass is 339 g/mol. The molecule has 2 aromatic rings. The van der Waals surface area contributed by atoms with Gasteiger partial charge in [0, 0.05) is 11.8 Å². The van der Waals surface area contributed by atoms with Crippen LogP contribution in [-0.4, -0.2) is 15.6 Å². The van der Waals surface area contributed by atoms with E-state index in [4.69, 9.17) is 0 Å². The minimum absolute atomic E-state index is 0.0490. The molecule has 0 atom stereocenters. The fraction of sp³-hybridized carbons (Fsp3) is 0.143. The molecule has 0 fully saturated rings. The number of aryl methyl sites for hydroxylation is 1. The van der Waals surface area contributed by atoms with Crippen LogP contribution < -0.4 is 5.56 Å². The van der Waals surface area contributed by atoms with Crippen molar-refractivity contribution in [3.05, 3.63) is 61.7 Å². The molecule has 6 heteroatoms. The number of halogens is 2. The van der Waals surface area contributed by atoms with Gasteiger partial charge in [0.1, 0.15) is 5.82 Å². The van der Waals surface area contributed by atoms with Crippen molar-refractivity contribution in [1.29, 1.82) is 0 Å². The van der Waals surface area contributed by atoms with Gasteiger partial charge in [-0.2, -0.15) is 0 Å². The Labute approximate surface area is 122 Å². The van der Waals surface area contributed by atoms with Gasteiger partial charge in [0.15, 0.2) is 0 Å². The lowest BCUT2D eigenvalue weighted by Gasteiger charge is -2.14. The van der Waals surface area contributed by atoms with Gasteiger partial charge in [-0.15, -0.1) is 0 Å². The summed E-state index contributed by atoms with van der Waals surface area (Å²) in [5.74, 6) is -1.64. The third-order valence-electron chi connectivity index (χ3n) is 3.03. The van der Waals surface area contributed by atoms with Crippen molar-refractivity contribution >= 4 is 21.9 Å². The molecule has 1 aromatic carbocycles. The standard InChI is InChI=1S/C14H11BrFNO3/c1-7-5-12(18)17(8(2)13(7)14(19)20)9-3-4-10(15)11(16)6-9/h3-6H,1-2H3,(H,19,20). The van der Waals surface area contributed by atoms with Gasteiger partial charge in [0.05, 0.1) is 15.7 Å². The third-order valence-corrected chi connectivity index (χ3v) is 3.67. The van der Waals surface area contributed by atoms with Crippen LogP contribution in [0.15, 0.2) is 33.5 Å². The van der Waals surface area contributed by atoms with E-state index in [1.807, 2.05) is 0 Å². The molecule has 0 bridgehead atoms. The van der Waals surface area contributed by atoms with Crippen molar-refractivity contribution in [2.24, 2.45) is 0 Å². The van der Waals surface area contributed by atoms with Crippen LogP contribution in [0.1, 0.15) is 21.6 Å². The summed E-state index contributed by atoms with van der Waals surface area (Å²) in [7, 11) is 0. The van der Waals surface area contributed by atoms with Gasteiger partial charge in [-0.25, -0.2) is 9.18 Å². The largest absolute Gasteiger partial charge is 0.478 e. The lowest BCUT2D eigenvalue weighted by molar-refractivity contribution is 0.0694. The molecule has 104 valence electrons. The van der Waals surface area contributed by atoms with Crippen LogP contribution in [-0.2, 0) is 0 Å². The molecule has 0 aliphatic rings. The van der Waals surface area contributed by atoms with Crippen LogP contribution in [0.5, 0.6) is 0 Å². The van der Waals surface area contributed by atoms with Gasteiger partial charge in [0.2, 0.25) is 0 Å². The van der Waals surface area contributed by atoms with E-state index in [-0.39, 0.29) is 21.4 Å². The van der Waals surface area contributed by atoms with E-state index in [2.05, 4.69) is 15.9 Å². The normalized spacial score (nSPS) is 10.6. The molecule has 2 rings (SSSR count). The molecule has 0 radical (unpaired) electrons. The number of rotatable bonds is 2. The Morgan fingerprint density at radius 1 is 1.30 bits per heavy atom. The smallest absolute Gasteiger partial charge is 0.337 e. The zero-order valence-electron chi connectivity index (χ0n) is 10.8. The number of carboxylic acid groups (broad SMARTS) is 1. The van der Waals surface area contributed by atoms with Crippen LogP contribution in [0.4, 0.5) is 4.39 Å². The fourth-order valence-electron chi connectivity index (χ4n) is 2.15. The molecule has 0 saturated carbocycles. The SMILES string of the molecule is Cc1cc(=O)n(-c2ccc(Br)c(F)c2)c(C)c1C(=O)O. The maximum atomic E-state index is 13.6. The summed E-state index contributed by atoms with van der Waals surface area (Å²) in [6, 6.07) is 5.43. The van der Waals surface area contributed by atoms with Crippen LogP contribution in [0.25, 0.3) is 5.69 Å². The predicted octanol–water partition coefficient (Wildman–Crippen LogP) is 3.05. The number of aromatic nitrogens is 1. The molecule has 1 aromatic heterocycles. The summed E-state index contributed by atoms with van der Waals surface area (Å²) in [5.41, 5.74) is 0.591.